The number of fused-ring (bicyclic) bond motifs is 1. The van der Waals surface area contributed by atoms with E-state index in [9.17, 15) is 0 Å². The molecule has 0 aliphatic heterocycles. The van der Waals surface area contributed by atoms with Crippen LogP contribution in [0.25, 0.3) is 21.3 Å². The molecule has 0 amide bonds. The van der Waals surface area contributed by atoms with E-state index in [1.54, 1.807) is 11.3 Å². The van der Waals surface area contributed by atoms with Gasteiger partial charge in [0.2, 0.25) is 0 Å². The summed E-state index contributed by atoms with van der Waals surface area (Å²) in [5.41, 5.74) is 1.99. The van der Waals surface area contributed by atoms with Gasteiger partial charge in [-0.2, -0.15) is 0 Å². The highest BCUT2D eigenvalue weighted by Crippen LogP contribution is 2.30. The lowest BCUT2D eigenvalue weighted by molar-refractivity contribution is 1.23. The Morgan fingerprint density at radius 2 is 2.06 bits per heavy atom. The molecule has 2 nitrogen and oxygen atoms in total. The molecule has 0 bridgehead atoms. The van der Waals surface area contributed by atoms with Gasteiger partial charge in [-0.05, 0) is 5.39 Å². The third kappa shape index (κ3) is 1.92. The maximum atomic E-state index is 5.77. The summed E-state index contributed by atoms with van der Waals surface area (Å²) in [6.45, 7) is 0. The highest BCUT2D eigenvalue weighted by Gasteiger charge is 2.08. The molecule has 0 fully saturated rings. The van der Waals surface area contributed by atoms with Crippen molar-refractivity contribution < 1.29 is 0 Å². The zero-order chi connectivity index (χ0) is 11.7. The number of pyridine rings is 1. The molecule has 0 aliphatic carbocycles. The maximum absolute atomic E-state index is 5.77. The Labute approximate surface area is 108 Å². The van der Waals surface area contributed by atoms with Gasteiger partial charge < -0.3 is 0 Å². The Morgan fingerprint density at radius 3 is 2.88 bits per heavy atom. The maximum Gasteiger partial charge on any atom is 0.125 e. The van der Waals surface area contributed by atoms with Gasteiger partial charge in [0, 0.05) is 28.7 Å². The van der Waals surface area contributed by atoms with E-state index in [4.69, 9.17) is 11.6 Å². The molecule has 2 heterocycles. The second kappa shape index (κ2) is 4.43. The lowest BCUT2D eigenvalue weighted by Crippen LogP contribution is -1.84. The molecule has 0 spiro atoms. The summed E-state index contributed by atoms with van der Waals surface area (Å²) in [5, 5.41) is 5.28. The van der Waals surface area contributed by atoms with Crippen LogP contribution in [0, 0.1) is 0 Å². The van der Waals surface area contributed by atoms with Gasteiger partial charge in [-0.3, -0.25) is 4.98 Å². The topological polar surface area (TPSA) is 25.8 Å². The van der Waals surface area contributed by atoms with E-state index in [-0.39, 0.29) is 0 Å². The molecule has 3 rings (SSSR count). The molecule has 0 saturated heterocycles. The first-order chi connectivity index (χ1) is 8.38. The molecule has 0 N–H and O–H groups in total. The second-order valence-corrected chi connectivity index (χ2v) is 4.81. The van der Waals surface area contributed by atoms with Gasteiger partial charge in [0.15, 0.2) is 0 Å². The number of alkyl halides is 1. The van der Waals surface area contributed by atoms with Crippen molar-refractivity contribution in [1.82, 2.24) is 9.97 Å². The standard InChI is InChI=1S/C13H9ClN2S/c14-5-10-8-17-13(16-10)12-7-15-6-9-3-1-2-4-11(9)12/h1-4,6-8H,5H2. The molecule has 0 unspecified atom stereocenters. The van der Waals surface area contributed by atoms with Crippen molar-refractivity contribution in [2.75, 3.05) is 0 Å². The van der Waals surface area contributed by atoms with Gasteiger partial charge in [-0.1, -0.05) is 24.3 Å². The average molecular weight is 261 g/mol. The number of benzene rings is 1. The van der Waals surface area contributed by atoms with E-state index < -0.39 is 0 Å². The first kappa shape index (κ1) is 10.7. The predicted octanol–water partition coefficient (Wildman–Crippen LogP) is 4.10. The van der Waals surface area contributed by atoms with Crippen LogP contribution < -0.4 is 0 Å². The smallest absolute Gasteiger partial charge is 0.125 e. The summed E-state index contributed by atoms with van der Waals surface area (Å²) in [6, 6.07) is 8.19. The quantitative estimate of drug-likeness (QED) is 0.649. The SMILES string of the molecule is ClCc1csc(-c2cncc3ccccc23)n1. The number of hydrogen-bond acceptors (Lipinski definition) is 3. The Morgan fingerprint density at radius 1 is 1.18 bits per heavy atom. The average Bonchev–Trinajstić information content (AvgIpc) is 2.87. The van der Waals surface area contributed by atoms with Gasteiger partial charge in [0.25, 0.3) is 0 Å². The van der Waals surface area contributed by atoms with E-state index in [0.717, 1.165) is 21.7 Å². The summed E-state index contributed by atoms with van der Waals surface area (Å²) in [5.74, 6) is 0.453. The number of nitrogens with zero attached hydrogens (tertiary/aromatic N) is 2. The molecule has 4 heteroatoms. The normalized spacial score (nSPS) is 10.9. The summed E-state index contributed by atoms with van der Waals surface area (Å²) in [6.07, 6.45) is 3.73. The number of thiazole rings is 1. The van der Waals surface area contributed by atoms with Crippen LogP contribution in [0.1, 0.15) is 5.69 Å². The van der Waals surface area contributed by atoms with Crippen molar-refractivity contribution in [3.05, 3.63) is 47.7 Å². The zero-order valence-electron chi connectivity index (χ0n) is 8.93. The predicted molar refractivity (Wildman–Crippen MR) is 72.4 cm³/mol. The summed E-state index contributed by atoms with van der Waals surface area (Å²) >= 11 is 7.38. The van der Waals surface area contributed by atoms with Crippen LogP contribution in [0.5, 0.6) is 0 Å². The molecule has 0 aliphatic rings. The molecular formula is C13H9ClN2S. The Balaban J connectivity index is 2.23. The van der Waals surface area contributed by atoms with E-state index in [1.807, 2.05) is 29.9 Å². The van der Waals surface area contributed by atoms with Gasteiger partial charge in [-0.25, -0.2) is 4.98 Å². The number of aromatic nitrogens is 2. The lowest BCUT2D eigenvalue weighted by atomic mass is 10.1. The minimum Gasteiger partial charge on any atom is -0.263 e. The summed E-state index contributed by atoms with van der Waals surface area (Å²) in [4.78, 5) is 8.75. The van der Waals surface area contributed by atoms with Gasteiger partial charge >= 0.3 is 0 Å². The number of rotatable bonds is 2. The van der Waals surface area contributed by atoms with Crippen molar-refractivity contribution in [2.45, 2.75) is 5.88 Å². The van der Waals surface area contributed by atoms with Crippen LogP contribution in [0.15, 0.2) is 42.0 Å². The van der Waals surface area contributed by atoms with E-state index >= 15 is 0 Å². The molecule has 2 aromatic heterocycles. The first-order valence-corrected chi connectivity index (χ1v) is 6.63. The molecule has 0 saturated carbocycles. The summed E-state index contributed by atoms with van der Waals surface area (Å²) < 4.78 is 0. The fraction of sp³-hybridized carbons (Fsp3) is 0.0769. The molecule has 17 heavy (non-hydrogen) atoms. The molecule has 1 aromatic carbocycles. The third-order valence-electron chi connectivity index (χ3n) is 2.59. The largest absolute Gasteiger partial charge is 0.263 e. The second-order valence-electron chi connectivity index (χ2n) is 3.69. The van der Waals surface area contributed by atoms with Crippen molar-refractivity contribution >= 4 is 33.7 Å². The van der Waals surface area contributed by atoms with Gasteiger partial charge in [0.05, 0.1) is 11.6 Å². The molecule has 0 atom stereocenters. The fourth-order valence-corrected chi connectivity index (χ4v) is 2.85. The minimum atomic E-state index is 0.453. The lowest BCUT2D eigenvalue weighted by Gasteiger charge is -2.02. The van der Waals surface area contributed by atoms with Gasteiger partial charge in [-0.15, -0.1) is 22.9 Å². The zero-order valence-corrected chi connectivity index (χ0v) is 10.5. The van der Waals surface area contributed by atoms with Crippen LogP contribution in [0.4, 0.5) is 0 Å². The van der Waals surface area contributed by atoms with Crippen molar-refractivity contribution in [1.29, 1.82) is 0 Å². The van der Waals surface area contributed by atoms with Crippen LogP contribution in [-0.2, 0) is 5.88 Å². The van der Waals surface area contributed by atoms with E-state index in [1.165, 1.54) is 5.39 Å². The first-order valence-electron chi connectivity index (χ1n) is 5.22. The van der Waals surface area contributed by atoms with Crippen LogP contribution in [0.2, 0.25) is 0 Å². The van der Waals surface area contributed by atoms with E-state index in [0.29, 0.717) is 5.88 Å². The molecule has 84 valence electrons. The Bertz CT molecular complexity index is 658. The van der Waals surface area contributed by atoms with Crippen molar-refractivity contribution in [3.63, 3.8) is 0 Å². The van der Waals surface area contributed by atoms with Crippen LogP contribution >= 0.6 is 22.9 Å². The van der Waals surface area contributed by atoms with Crippen molar-refractivity contribution in [2.24, 2.45) is 0 Å². The van der Waals surface area contributed by atoms with Crippen LogP contribution in [0.3, 0.4) is 0 Å². The summed E-state index contributed by atoms with van der Waals surface area (Å²) in [7, 11) is 0. The van der Waals surface area contributed by atoms with Crippen LogP contribution in [-0.4, -0.2) is 9.97 Å². The fourth-order valence-electron chi connectivity index (χ4n) is 1.78. The molecular weight excluding hydrogens is 252 g/mol. The van der Waals surface area contributed by atoms with Gasteiger partial charge in [0.1, 0.15) is 5.01 Å². The monoisotopic (exact) mass is 260 g/mol. The highest BCUT2D eigenvalue weighted by atomic mass is 35.5. The minimum absolute atomic E-state index is 0.453. The number of hydrogen-bond donors (Lipinski definition) is 0. The molecule has 0 radical (unpaired) electrons. The number of halogens is 1. The molecule has 3 aromatic rings. The van der Waals surface area contributed by atoms with E-state index in [2.05, 4.69) is 22.1 Å². The Kier molecular flexibility index (Phi) is 2.79. The Hall–Kier alpha value is -1.45. The van der Waals surface area contributed by atoms with Crippen molar-refractivity contribution in [3.8, 4) is 10.6 Å². The third-order valence-corrected chi connectivity index (χ3v) is 3.79. The highest BCUT2D eigenvalue weighted by molar-refractivity contribution is 7.13.